The van der Waals surface area contributed by atoms with E-state index in [1.807, 2.05) is 12.1 Å². The molecule has 1 amide bonds. The zero-order valence-electron chi connectivity index (χ0n) is 14.7. The number of carbonyl (C=O) groups is 1. The van der Waals surface area contributed by atoms with Crippen molar-refractivity contribution >= 4 is 16.8 Å². The van der Waals surface area contributed by atoms with Gasteiger partial charge in [-0.3, -0.25) is 14.9 Å². The molecular formula is C21H23N3O2. The predicted molar refractivity (Wildman–Crippen MR) is 101 cm³/mol. The number of aromatic nitrogens is 1. The molecule has 1 fully saturated rings. The molecule has 1 saturated heterocycles. The van der Waals surface area contributed by atoms with Gasteiger partial charge >= 0.3 is 0 Å². The number of likely N-dealkylation sites (tertiary alicyclic amines) is 1. The molecule has 5 nitrogen and oxygen atoms in total. The second-order valence-corrected chi connectivity index (χ2v) is 6.92. The highest BCUT2D eigenvalue weighted by molar-refractivity contribution is 5.93. The molecule has 0 saturated carbocycles. The summed E-state index contributed by atoms with van der Waals surface area (Å²) in [4.78, 5) is 14.0. The molecule has 2 N–H and O–H groups in total. The maximum Gasteiger partial charge on any atom is 0.274 e. The first-order chi connectivity index (χ1) is 12.7. The lowest BCUT2D eigenvalue weighted by Gasteiger charge is -2.13. The van der Waals surface area contributed by atoms with E-state index in [1.165, 1.54) is 42.4 Å². The van der Waals surface area contributed by atoms with Crippen molar-refractivity contribution in [1.82, 2.24) is 14.9 Å². The highest BCUT2D eigenvalue weighted by atomic mass is 16.5. The number of hydrogen-bond donors (Lipinski definition) is 2. The van der Waals surface area contributed by atoms with Crippen molar-refractivity contribution < 1.29 is 10.0 Å². The van der Waals surface area contributed by atoms with E-state index < -0.39 is 5.91 Å². The second kappa shape index (κ2) is 7.32. The molecule has 2 aromatic carbocycles. The maximum atomic E-state index is 11.5. The lowest BCUT2D eigenvalue weighted by molar-refractivity contribution is 0.0706. The van der Waals surface area contributed by atoms with Crippen LogP contribution >= 0.6 is 0 Å². The molecule has 2 heterocycles. The minimum absolute atomic E-state index is 0.448. The van der Waals surface area contributed by atoms with Gasteiger partial charge in [0, 0.05) is 35.8 Å². The van der Waals surface area contributed by atoms with Gasteiger partial charge < -0.3 is 4.57 Å². The highest BCUT2D eigenvalue weighted by Crippen LogP contribution is 2.25. The van der Waals surface area contributed by atoms with E-state index in [1.54, 1.807) is 17.6 Å². The summed E-state index contributed by atoms with van der Waals surface area (Å²) in [6.45, 7) is 4.13. The smallest absolute Gasteiger partial charge is 0.274 e. The first-order valence-corrected chi connectivity index (χ1v) is 9.07. The van der Waals surface area contributed by atoms with Crippen LogP contribution in [0.2, 0.25) is 0 Å². The van der Waals surface area contributed by atoms with Crippen molar-refractivity contribution in [2.75, 3.05) is 13.1 Å². The molecule has 134 valence electrons. The van der Waals surface area contributed by atoms with E-state index in [9.17, 15) is 4.79 Å². The van der Waals surface area contributed by atoms with Crippen LogP contribution in [0.15, 0.2) is 54.7 Å². The van der Waals surface area contributed by atoms with Gasteiger partial charge in [0.05, 0.1) is 0 Å². The number of rotatable bonds is 5. The van der Waals surface area contributed by atoms with Crippen LogP contribution in [0, 0.1) is 0 Å². The number of fused-ring (bicyclic) bond motifs is 1. The van der Waals surface area contributed by atoms with Crippen LogP contribution in [0.3, 0.4) is 0 Å². The number of carbonyl (C=O) groups excluding carboxylic acids is 1. The minimum atomic E-state index is -0.490. The number of nitrogens with one attached hydrogen (secondary N) is 1. The van der Waals surface area contributed by atoms with Crippen LogP contribution in [-0.4, -0.2) is 33.7 Å². The average molecular weight is 349 g/mol. The topological polar surface area (TPSA) is 57.5 Å². The Morgan fingerprint density at radius 1 is 1.00 bits per heavy atom. The Kier molecular flexibility index (Phi) is 4.73. The van der Waals surface area contributed by atoms with Crippen molar-refractivity contribution in [3.63, 3.8) is 0 Å². The summed E-state index contributed by atoms with van der Waals surface area (Å²) >= 11 is 0. The molecule has 1 aromatic heterocycles. The van der Waals surface area contributed by atoms with Gasteiger partial charge in [-0.15, -0.1) is 0 Å². The van der Waals surface area contributed by atoms with Crippen LogP contribution in [-0.2, 0) is 13.1 Å². The highest BCUT2D eigenvalue weighted by Gasteiger charge is 2.15. The summed E-state index contributed by atoms with van der Waals surface area (Å²) in [5.74, 6) is -0.490. The number of hydroxylamine groups is 1. The largest absolute Gasteiger partial charge is 0.343 e. The fourth-order valence-electron chi connectivity index (χ4n) is 3.78. The van der Waals surface area contributed by atoms with Crippen molar-refractivity contribution in [2.45, 2.75) is 25.9 Å². The quantitative estimate of drug-likeness (QED) is 0.548. The first kappa shape index (κ1) is 16.8. The molecule has 0 aliphatic carbocycles. The van der Waals surface area contributed by atoms with E-state index >= 15 is 0 Å². The van der Waals surface area contributed by atoms with Gasteiger partial charge in [0.25, 0.3) is 5.91 Å². The van der Waals surface area contributed by atoms with E-state index in [-0.39, 0.29) is 0 Å². The molecule has 1 aliphatic rings. The van der Waals surface area contributed by atoms with Crippen LogP contribution in [0.1, 0.15) is 34.3 Å². The fourth-order valence-corrected chi connectivity index (χ4v) is 3.78. The molecule has 1 aliphatic heterocycles. The Labute approximate surface area is 152 Å². The summed E-state index contributed by atoms with van der Waals surface area (Å²) in [5.41, 5.74) is 5.84. The molecule has 4 rings (SSSR count). The van der Waals surface area contributed by atoms with Crippen LogP contribution in [0.5, 0.6) is 0 Å². The van der Waals surface area contributed by atoms with Gasteiger partial charge in [-0.05, 0) is 55.3 Å². The molecule has 0 radical (unpaired) electrons. The van der Waals surface area contributed by atoms with E-state index in [0.717, 1.165) is 18.7 Å². The van der Waals surface area contributed by atoms with Crippen molar-refractivity contribution in [3.8, 4) is 0 Å². The fraction of sp³-hybridized carbons (Fsp3) is 0.286. The Morgan fingerprint density at radius 2 is 1.73 bits per heavy atom. The number of benzene rings is 2. The van der Waals surface area contributed by atoms with Gasteiger partial charge in [0.2, 0.25) is 0 Å². The van der Waals surface area contributed by atoms with Crippen LogP contribution < -0.4 is 5.48 Å². The molecule has 0 bridgehead atoms. The van der Waals surface area contributed by atoms with Crippen molar-refractivity contribution in [2.24, 2.45) is 0 Å². The summed E-state index contributed by atoms with van der Waals surface area (Å²) < 4.78 is 2.28. The van der Waals surface area contributed by atoms with Crippen LogP contribution in [0.4, 0.5) is 0 Å². The second-order valence-electron chi connectivity index (χ2n) is 6.92. The first-order valence-electron chi connectivity index (χ1n) is 9.07. The van der Waals surface area contributed by atoms with Crippen molar-refractivity contribution in [1.29, 1.82) is 0 Å². The number of nitrogens with zero attached hydrogens (tertiary/aromatic N) is 2. The number of amides is 1. The van der Waals surface area contributed by atoms with Crippen molar-refractivity contribution in [3.05, 3.63) is 71.4 Å². The van der Waals surface area contributed by atoms with Gasteiger partial charge in [0.15, 0.2) is 0 Å². The Morgan fingerprint density at radius 3 is 2.46 bits per heavy atom. The van der Waals surface area contributed by atoms with E-state index in [0.29, 0.717) is 5.56 Å². The Hall–Kier alpha value is -2.63. The zero-order chi connectivity index (χ0) is 17.9. The minimum Gasteiger partial charge on any atom is -0.343 e. The maximum absolute atomic E-state index is 11.5. The summed E-state index contributed by atoms with van der Waals surface area (Å²) in [7, 11) is 0. The SMILES string of the molecule is O=C(NO)c1ccc(Cn2cc(CN3CCCC3)c3ccccc32)cc1. The molecule has 0 atom stereocenters. The summed E-state index contributed by atoms with van der Waals surface area (Å²) in [5, 5.41) is 10.0. The molecule has 3 aromatic rings. The van der Waals surface area contributed by atoms with Gasteiger partial charge in [-0.2, -0.15) is 0 Å². The normalized spacial score (nSPS) is 14.8. The molecule has 5 heteroatoms. The molecular weight excluding hydrogens is 326 g/mol. The standard InChI is InChI=1S/C21H23N3O2/c25-21(22-26)17-9-7-16(8-10-17)13-24-15-18(14-23-11-3-4-12-23)19-5-1-2-6-20(19)24/h1-2,5-10,15,26H,3-4,11-14H2,(H,22,25). The lowest BCUT2D eigenvalue weighted by atomic mass is 10.1. The number of hydrogen-bond acceptors (Lipinski definition) is 3. The van der Waals surface area contributed by atoms with Gasteiger partial charge in [-0.1, -0.05) is 30.3 Å². The summed E-state index contributed by atoms with van der Waals surface area (Å²) in [6, 6.07) is 15.9. The Bertz CT molecular complexity index is 909. The Balaban J connectivity index is 1.60. The summed E-state index contributed by atoms with van der Waals surface area (Å²) in [6.07, 6.45) is 4.86. The number of para-hydroxylation sites is 1. The van der Waals surface area contributed by atoms with Gasteiger partial charge in [-0.25, -0.2) is 5.48 Å². The third kappa shape index (κ3) is 3.36. The third-order valence-corrected chi connectivity index (χ3v) is 5.13. The predicted octanol–water partition coefficient (Wildman–Crippen LogP) is 3.40. The molecule has 0 spiro atoms. The van der Waals surface area contributed by atoms with Gasteiger partial charge in [0.1, 0.15) is 0 Å². The molecule has 26 heavy (non-hydrogen) atoms. The zero-order valence-corrected chi connectivity index (χ0v) is 14.7. The lowest BCUT2D eigenvalue weighted by Crippen LogP contribution is -2.18. The monoisotopic (exact) mass is 349 g/mol. The average Bonchev–Trinajstić information content (AvgIpc) is 3.31. The van der Waals surface area contributed by atoms with Crippen LogP contribution in [0.25, 0.3) is 10.9 Å². The van der Waals surface area contributed by atoms with E-state index in [2.05, 4.69) is 39.9 Å². The van der Waals surface area contributed by atoms with E-state index in [4.69, 9.17) is 5.21 Å². The third-order valence-electron chi connectivity index (χ3n) is 5.13. The molecule has 0 unspecified atom stereocenters.